The van der Waals surface area contributed by atoms with Crippen LogP contribution in [0.4, 0.5) is 0 Å². The average Bonchev–Trinajstić information content (AvgIpc) is 2.50. The number of nitrogens with one attached hydrogen (secondary N) is 1. The highest BCUT2D eigenvalue weighted by Crippen LogP contribution is 2.09. The second-order valence-electron chi connectivity index (χ2n) is 4.25. The molecule has 110 valence electrons. The van der Waals surface area contributed by atoms with E-state index in [4.69, 9.17) is 0 Å². The fourth-order valence-electron chi connectivity index (χ4n) is 1.58. The molecule has 21 heavy (non-hydrogen) atoms. The molecule has 0 bridgehead atoms. The molecule has 0 atom stereocenters. The van der Waals surface area contributed by atoms with Gasteiger partial charge in [0.2, 0.25) is 5.91 Å². The monoisotopic (exact) mass is 305 g/mol. The van der Waals surface area contributed by atoms with E-state index in [0.29, 0.717) is 23.8 Å². The lowest BCUT2D eigenvalue weighted by molar-refractivity contribution is -0.118. The van der Waals surface area contributed by atoms with Gasteiger partial charge in [-0.2, -0.15) is 0 Å². The second kappa shape index (κ2) is 7.53. The van der Waals surface area contributed by atoms with Gasteiger partial charge in [-0.3, -0.25) is 14.2 Å². The summed E-state index contributed by atoms with van der Waals surface area (Å²) in [6, 6.07) is 1.72. The van der Waals surface area contributed by atoms with E-state index in [1.165, 1.54) is 28.9 Å². The minimum Gasteiger partial charge on any atom is -0.354 e. The number of aryl methyl sites for hydroxylation is 1. The van der Waals surface area contributed by atoms with Gasteiger partial charge in [0, 0.05) is 37.2 Å². The van der Waals surface area contributed by atoms with Crippen LogP contribution in [0.15, 0.2) is 40.9 Å². The molecule has 2 aromatic rings. The minimum absolute atomic E-state index is 0.0914. The number of carbonyl (C=O) groups is 1. The van der Waals surface area contributed by atoms with Gasteiger partial charge in [-0.1, -0.05) is 11.8 Å². The fraction of sp³-hybridized carbons (Fsp3) is 0.308. The molecule has 2 rings (SSSR count). The van der Waals surface area contributed by atoms with Crippen LogP contribution in [0.1, 0.15) is 5.56 Å². The smallest absolute Gasteiger partial charge is 0.256 e. The van der Waals surface area contributed by atoms with Crippen LogP contribution >= 0.6 is 11.8 Å². The summed E-state index contributed by atoms with van der Waals surface area (Å²) in [5.74, 6) is 0.117. The van der Waals surface area contributed by atoms with Gasteiger partial charge >= 0.3 is 0 Å². The van der Waals surface area contributed by atoms with Gasteiger partial charge in [0.05, 0.1) is 12.1 Å². The first-order valence-corrected chi connectivity index (χ1v) is 7.33. The maximum atomic E-state index is 11.7. The number of hydrogen-bond acceptors (Lipinski definition) is 6. The van der Waals surface area contributed by atoms with Crippen LogP contribution in [-0.2, 0) is 11.3 Å². The number of rotatable bonds is 6. The lowest BCUT2D eigenvalue weighted by Gasteiger charge is -2.07. The quantitative estimate of drug-likeness (QED) is 0.608. The van der Waals surface area contributed by atoms with Crippen molar-refractivity contribution in [1.82, 2.24) is 24.8 Å². The number of thioether (sulfide) groups is 1. The van der Waals surface area contributed by atoms with Gasteiger partial charge in [-0.05, 0) is 13.0 Å². The zero-order chi connectivity index (χ0) is 15.1. The Morgan fingerprint density at radius 2 is 2.14 bits per heavy atom. The molecule has 0 aliphatic rings. The van der Waals surface area contributed by atoms with Crippen molar-refractivity contribution in [2.75, 3.05) is 12.3 Å². The molecule has 2 aromatic heterocycles. The predicted octanol–water partition coefficient (Wildman–Crippen LogP) is 0.250. The van der Waals surface area contributed by atoms with Crippen molar-refractivity contribution in [3.63, 3.8) is 0 Å². The van der Waals surface area contributed by atoms with E-state index >= 15 is 0 Å². The Morgan fingerprint density at radius 3 is 2.90 bits per heavy atom. The Bertz CT molecular complexity index is 659. The highest BCUT2D eigenvalue weighted by molar-refractivity contribution is 7.99. The van der Waals surface area contributed by atoms with E-state index < -0.39 is 0 Å². The summed E-state index contributed by atoms with van der Waals surface area (Å²) in [7, 11) is 0. The summed E-state index contributed by atoms with van der Waals surface area (Å²) in [6.07, 6.45) is 6.25. The number of carbonyl (C=O) groups excluding carboxylic acids is 1. The van der Waals surface area contributed by atoms with Crippen molar-refractivity contribution in [2.45, 2.75) is 18.6 Å². The zero-order valence-electron chi connectivity index (χ0n) is 11.5. The molecular weight excluding hydrogens is 290 g/mol. The standard InChI is InChI=1S/C13H15N5O2S/c1-10-7-14-9-18(12(10)20)6-5-15-11(19)8-21-13-16-3-2-4-17-13/h2-4,7,9H,5-6,8H2,1H3,(H,15,19). The normalized spacial score (nSPS) is 10.3. The number of amides is 1. The highest BCUT2D eigenvalue weighted by atomic mass is 32.2. The molecule has 0 aliphatic carbocycles. The lowest BCUT2D eigenvalue weighted by Crippen LogP contribution is -2.32. The van der Waals surface area contributed by atoms with Crippen molar-refractivity contribution < 1.29 is 4.79 Å². The summed E-state index contributed by atoms with van der Waals surface area (Å²) in [5, 5.41) is 3.31. The van der Waals surface area contributed by atoms with Crippen LogP contribution in [0.2, 0.25) is 0 Å². The third-order valence-corrected chi connectivity index (χ3v) is 3.50. The van der Waals surface area contributed by atoms with Crippen LogP contribution in [0.3, 0.4) is 0 Å². The molecule has 2 heterocycles. The minimum atomic E-state index is -0.124. The first kappa shape index (κ1) is 15.2. The molecule has 0 aliphatic heterocycles. The van der Waals surface area contributed by atoms with Gasteiger partial charge < -0.3 is 5.32 Å². The van der Waals surface area contributed by atoms with Crippen molar-refractivity contribution in [1.29, 1.82) is 0 Å². The lowest BCUT2D eigenvalue weighted by atomic mass is 10.4. The molecule has 0 saturated carbocycles. The van der Waals surface area contributed by atoms with Crippen LogP contribution in [0, 0.1) is 6.92 Å². The summed E-state index contributed by atoms with van der Waals surface area (Å²) in [6.45, 7) is 2.48. The SMILES string of the molecule is Cc1cncn(CCNC(=O)CSc2ncccn2)c1=O. The maximum Gasteiger partial charge on any atom is 0.256 e. The topological polar surface area (TPSA) is 89.8 Å². The molecule has 0 unspecified atom stereocenters. The van der Waals surface area contributed by atoms with Crippen LogP contribution in [0.5, 0.6) is 0 Å². The molecule has 0 aromatic carbocycles. The average molecular weight is 305 g/mol. The van der Waals surface area contributed by atoms with Gasteiger partial charge in [0.1, 0.15) is 0 Å². The van der Waals surface area contributed by atoms with Crippen molar-refractivity contribution >= 4 is 17.7 Å². The molecule has 0 radical (unpaired) electrons. The zero-order valence-corrected chi connectivity index (χ0v) is 12.3. The summed E-state index contributed by atoms with van der Waals surface area (Å²) >= 11 is 1.27. The van der Waals surface area contributed by atoms with Gasteiger partial charge in [-0.15, -0.1) is 0 Å². The van der Waals surface area contributed by atoms with E-state index in [1.807, 2.05) is 0 Å². The fourth-order valence-corrected chi connectivity index (χ4v) is 2.21. The Labute approximate surface area is 125 Å². The number of nitrogens with zero attached hydrogens (tertiary/aromatic N) is 4. The molecule has 0 fully saturated rings. The Kier molecular flexibility index (Phi) is 5.44. The Balaban J connectivity index is 1.74. The van der Waals surface area contributed by atoms with Crippen molar-refractivity contribution in [2.24, 2.45) is 0 Å². The molecule has 7 nitrogen and oxygen atoms in total. The van der Waals surface area contributed by atoms with Gasteiger partial charge in [0.25, 0.3) is 5.56 Å². The summed E-state index contributed by atoms with van der Waals surface area (Å²) in [4.78, 5) is 35.4. The largest absolute Gasteiger partial charge is 0.354 e. The molecule has 0 spiro atoms. The third-order valence-electron chi connectivity index (χ3n) is 2.62. The van der Waals surface area contributed by atoms with Crippen LogP contribution in [0.25, 0.3) is 0 Å². The Morgan fingerprint density at radius 1 is 1.38 bits per heavy atom. The first-order chi connectivity index (χ1) is 10.2. The number of aromatic nitrogens is 4. The van der Waals surface area contributed by atoms with E-state index in [0.717, 1.165) is 0 Å². The third kappa shape index (κ3) is 4.67. The second-order valence-corrected chi connectivity index (χ2v) is 5.19. The molecule has 0 saturated heterocycles. The molecule has 1 N–H and O–H groups in total. The molecule has 8 heteroatoms. The predicted molar refractivity (Wildman–Crippen MR) is 79.0 cm³/mol. The summed E-state index contributed by atoms with van der Waals surface area (Å²) < 4.78 is 1.48. The number of hydrogen-bond donors (Lipinski definition) is 1. The van der Waals surface area contributed by atoms with E-state index in [2.05, 4.69) is 20.3 Å². The molecule has 1 amide bonds. The van der Waals surface area contributed by atoms with E-state index in [9.17, 15) is 9.59 Å². The summed E-state index contributed by atoms with van der Waals surface area (Å²) in [5.41, 5.74) is 0.493. The van der Waals surface area contributed by atoms with Gasteiger partial charge in [-0.25, -0.2) is 15.0 Å². The molecular formula is C13H15N5O2S. The Hall–Kier alpha value is -2.22. The van der Waals surface area contributed by atoms with Crippen LogP contribution < -0.4 is 10.9 Å². The maximum absolute atomic E-state index is 11.7. The van der Waals surface area contributed by atoms with Gasteiger partial charge in [0.15, 0.2) is 5.16 Å². The van der Waals surface area contributed by atoms with Crippen molar-refractivity contribution in [3.8, 4) is 0 Å². The first-order valence-electron chi connectivity index (χ1n) is 6.34. The van der Waals surface area contributed by atoms with Crippen LogP contribution in [-0.4, -0.2) is 37.7 Å². The highest BCUT2D eigenvalue weighted by Gasteiger charge is 2.04. The van der Waals surface area contributed by atoms with E-state index in [-0.39, 0.29) is 17.2 Å². The van der Waals surface area contributed by atoms with E-state index in [1.54, 1.807) is 25.4 Å². The van der Waals surface area contributed by atoms with Crippen molar-refractivity contribution in [3.05, 3.63) is 46.9 Å².